The summed E-state index contributed by atoms with van der Waals surface area (Å²) in [6.45, 7) is 5.88. The number of nitrogens with zero attached hydrogens (tertiary/aromatic N) is 1. The second-order valence-electron chi connectivity index (χ2n) is 6.04. The lowest BCUT2D eigenvalue weighted by Crippen LogP contribution is -2.39. The van der Waals surface area contributed by atoms with E-state index in [0.29, 0.717) is 0 Å². The van der Waals surface area contributed by atoms with Crippen LogP contribution in [0.5, 0.6) is 0 Å². The van der Waals surface area contributed by atoms with Gasteiger partial charge >= 0.3 is 0 Å². The van der Waals surface area contributed by atoms with Gasteiger partial charge in [0.15, 0.2) is 0 Å². The zero-order chi connectivity index (χ0) is 13.5. The molecule has 2 saturated heterocycles. The number of likely N-dealkylation sites (tertiary alicyclic amines) is 1. The molecule has 5 heteroatoms. The highest BCUT2D eigenvalue weighted by molar-refractivity contribution is 7.19. The molecule has 2 aromatic rings. The van der Waals surface area contributed by atoms with Gasteiger partial charge in [0.25, 0.3) is 0 Å². The first-order chi connectivity index (χ1) is 9.81. The first-order valence-electron chi connectivity index (χ1n) is 7.40. The summed E-state index contributed by atoms with van der Waals surface area (Å²) in [5.41, 5.74) is 0. The van der Waals surface area contributed by atoms with Crippen LogP contribution in [0.2, 0.25) is 5.02 Å². The molecule has 3 heterocycles. The highest BCUT2D eigenvalue weighted by Crippen LogP contribution is 2.37. The van der Waals surface area contributed by atoms with Crippen molar-refractivity contribution in [3.63, 3.8) is 0 Å². The summed E-state index contributed by atoms with van der Waals surface area (Å²) in [4.78, 5) is 3.92. The second kappa shape index (κ2) is 6.43. The van der Waals surface area contributed by atoms with E-state index in [0.717, 1.165) is 23.4 Å². The van der Waals surface area contributed by atoms with Gasteiger partial charge in [0, 0.05) is 28.1 Å². The zero-order valence-electron chi connectivity index (χ0n) is 11.8. The Labute approximate surface area is 140 Å². The maximum absolute atomic E-state index is 6.56. The molecule has 0 bridgehead atoms. The third kappa shape index (κ3) is 2.95. The van der Waals surface area contributed by atoms with E-state index in [1.807, 2.05) is 11.3 Å². The van der Waals surface area contributed by atoms with Crippen LogP contribution < -0.4 is 5.32 Å². The Morgan fingerprint density at radius 2 is 2.05 bits per heavy atom. The van der Waals surface area contributed by atoms with Gasteiger partial charge in [0.1, 0.15) is 0 Å². The molecule has 2 aliphatic heterocycles. The van der Waals surface area contributed by atoms with Crippen LogP contribution >= 0.6 is 35.3 Å². The average molecular weight is 343 g/mol. The predicted octanol–water partition coefficient (Wildman–Crippen LogP) is 4.02. The smallest absolute Gasteiger partial charge is 0.0637 e. The van der Waals surface area contributed by atoms with Crippen molar-refractivity contribution in [2.75, 3.05) is 26.2 Å². The van der Waals surface area contributed by atoms with Gasteiger partial charge in [-0.25, -0.2) is 0 Å². The van der Waals surface area contributed by atoms with E-state index in [2.05, 4.69) is 34.5 Å². The number of benzene rings is 1. The van der Waals surface area contributed by atoms with E-state index in [-0.39, 0.29) is 12.4 Å². The summed E-state index contributed by atoms with van der Waals surface area (Å²) < 4.78 is 1.31. The molecule has 2 aliphatic rings. The van der Waals surface area contributed by atoms with Crippen LogP contribution in [-0.4, -0.2) is 31.1 Å². The highest BCUT2D eigenvalue weighted by Gasteiger charge is 2.32. The minimum atomic E-state index is 0. The molecule has 1 aromatic carbocycles. The summed E-state index contributed by atoms with van der Waals surface area (Å²) in [5, 5.41) is 5.72. The van der Waals surface area contributed by atoms with Gasteiger partial charge in [-0.2, -0.15) is 0 Å². The summed E-state index contributed by atoms with van der Waals surface area (Å²) in [5.74, 6) is 1.75. The maximum atomic E-state index is 6.56. The topological polar surface area (TPSA) is 15.3 Å². The van der Waals surface area contributed by atoms with Crippen molar-refractivity contribution < 1.29 is 0 Å². The van der Waals surface area contributed by atoms with E-state index >= 15 is 0 Å². The summed E-state index contributed by atoms with van der Waals surface area (Å²) in [6, 6.07) is 8.46. The minimum Gasteiger partial charge on any atom is -0.316 e. The molecule has 0 spiro atoms. The van der Waals surface area contributed by atoms with E-state index in [1.165, 1.54) is 47.6 Å². The third-order valence-electron chi connectivity index (χ3n) is 4.76. The molecular weight excluding hydrogens is 323 g/mol. The molecule has 2 unspecified atom stereocenters. The van der Waals surface area contributed by atoms with Gasteiger partial charge in [-0.1, -0.05) is 29.8 Å². The average Bonchev–Trinajstić information content (AvgIpc) is 3.05. The molecule has 0 radical (unpaired) electrons. The van der Waals surface area contributed by atoms with Crippen LogP contribution in [0.1, 0.15) is 11.3 Å². The summed E-state index contributed by atoms with van der Waals surface area (Å²) >= 11 is 8.41. The lowest BCUT2D eigenvalue weighted by Gasteiger charge is -2.34. The number of thiophene rings is 1. The molecule has 4 rings (SSSR count). The van der Waals surface area contributed by atoms with Crippen molar-refractivity contribution in [1.82, 2.24) is 10.2 Å². The molecule has 1 N–H and O–H groups in total. The van der Waals surface area contributed by atoms with Crippen LogP contribution in [0.15, 0.2) is 24.3 Å². The monoisotopic (exact) mass is 342 g/mol. The van der Waals surface area contributed by atoms with E-state index in [9.17, 15) is 0 Å². The fourth-order valence-corrected chi connectivity index (χ4v) is 5.16. The molecule has 1 aromatic heterocycles. The van der Waals surface area contributed by atoms with Crippen LogP contribution in [0.3, 0.4) is 0 Å². The van der Waals surface area contributed by atoms with Gasteiger partial charge in [0.2, 0.25) is 0 Å². The number of piperidine rings is 1. The Kier molecular flexibility index (Phi) is 4.77. The molecule has 114 valence electrons. The number of halogens is 2. The van der Waals surface area contributed by atoms with Gasteiger partial charge < -0.3 is 5.32 Å². The fourth-order valence-electron chi connectivity index (χ4n) is 3.62. The lowest BCUT2D eigenvalue weighted by molar-refractivity contribution is 0.143. The van der Waals surface area contributed by atoms with Crippen molar-refractivity contribution in [2.45, 2.75) is 13.0 Å². The zero-order valence-corrected chi connectivity index (χ0v) is 14.2. The lowest BCUT2D eigenvalue weighted by atomic mass is 9.89. The number of fused-ring (bicyclic) bond motifs is 2. The van der Waals surface area contributed by atoms with Gasteiger partial charge in [-0.3, -0.25) is 4.90 Å². The van der Waals surface area contributed by atoms with Crippen molar-refractivity contribution in [3.8, 4) is 0 Å². The quantitative estimate of drug-likeness (QED) is 0.886. The summed E-state index contributed by atoms with van der Waals surface area (Å²) in [6.07, 6.45) is 1.33. The normalized spacial score (nSPS) is 25.8. The Morgan fingerprint density at radius 3 is 2.90 bits per heavy atom. The van der Waals surface area contributed by atoms with E-state index < -0.39 is 0 Å². The molecule has 0 amide bonds. The van der Waals surface area contributed by atoms with E-state index in [1.54, 1.807) is 0 Å². The van der Waals surface area contributed by atoms with Gasteiger partial charge in [-0.05, 0) is 44.0 Å². The highest BCUT2D eigenvalue weighted by atomic mass is 35.5. The van der Waals surface area contributed by atoms with Crippen molar-refractivity contribution in [3.05, 3.63) is 34.2 Å². The predicted molar refractivity (Wildman–Crippen MR) is 93.8 cm³/mol. The standard InChI is InChI=1S/C16H19ClN2S.ClH/c17-16-13-3-1-2-4-14(13)20-15(16)10-19-6-5-11-7-18-8-12(11)9-19;/h1-4,11-12,18H,5-10H2;1H. The Bertz CT molecular complexity index is 628. The van der Waals surface area contributed by atoms with Crippen molar-refractivity contribution in [2.24, 2.45) is 11.8 Å². The van der Waals surface area contributed by atoms with E-state index in [4.69, 9.17) is 11.6 Å². The minimum absolute atomic E-state index is 0. The maximum Gasteiger partial charge on any atom is 0.0637 e. The molecular formula is C16H20Cl2N2S. The Morgan fingerprint density at radius 1 is 1.24 bits per heavy atom. The molecule has 2 atom stereocenters. The molecule has 21 heavy (non-hydrogen) atoms. The first kappa shape index (κ1) is 15.6. The fraction of sp³-hybridized carbons (Fsp3) is 0.500. The molecule has 2 nitrogen and oxygen atoms in total. The molecule has 2 fully saturated rings. The van der Waals surface area contributed by atoms with Crippen LogP contribution in [0.25, 0.3) is 10.1 Å². The van der Waals surface area contributed by atoms with Crippen molar-refractivity contribution >= 4 is 45.4 Å². The SMILES string of the molecule is Cl.Clc1c(CN2CCC3CNCC3C2)sc2ccccc12. The Balaban J connectivity index is 0.00000132. The Hall–Kier alpha value is -0.320. The van der Waals surface area contributed by atoms with Gasteiger partial charge in [-0.15, -0.1) is 23.7 Å². The number of rotatable bonds is 2. The third-order valence-corrected chi connectivity index (χ3v) is 6.46. The van der Waals surface area contributed by atoms with Gasteiger partial charge in [0.05, 0.1) is 5.02 Å². The summed E-state index contributed by atoms with van der Waals surface area (Å²) in [7, 11) is 0. The molecule has 0 aliphatic carbocycles. The molecule has 0 saturated carbocycles. The largest absolute Gasteiger partial charge is 0.316 e. The van der Waals surface area contributed by atoms with Crippen molar-refractivity contribution in [1.29, 1.82) is 0 Å². The number of hydrogen-bond acceptors (Lipinski definition) is 3. The van der Waals surface area contributed by atoms with Crippen LogP contribution in [-0.2, 0) is 6.54 Å². The van der Waals surface area contributed by atoms with Crippen LogP contribution in [0.4, 0.5) is 0 Å². The number of nitrogens with one attached hydrogen (secondary N) is 1. The second-order valence-corrected chi connectivity index (χ2v) is 7.55. The van der Waals surface area contributed by atoms with Crippen LogP contribution in [0, 0.1) is 11.8 Å². The number of hydrogen-bond donors (Lipinski definition) is 1. The first-order valence-corrected chi connectivity index (χ1v) is 8.59.